The third kappa shape index (κ3) is 4.31. The Morgan fingerprint density at radius 1 is 0.545 bits per heavy atom. The molecule has 44 heavy (non-hydrogen) atoms. The van der Waals surface area contributed by atoms with Crippen molar-refractivity contribution in [3.63, 3.8) is 0 Å². The standard InChI is InChI=1S/C39H30FN3S/c1-25-9-19-38-34(21-25)35-22-30(16-20-39(35)44-38)43(28-7-5-4-6-8-28)31-15-18-33-32-17-14-29(23-36(32)42(3)37(33)24-31)41(2)27-12-10-26(40)11-13-27/h4-24H,1-3H3. The first-order valence-electron chi connectivity index (χ1n) is 14.7. The van der Waals surface area contributed by atoms with Gasteiger partial charge in [-0.3, -0.25) is 0 Å². The van der Waals surface area contributed by atoms with Crippen LogP contribution in [0.1, 0.15) is 5.56 Å². The maximum Gasteiger partial charge on any atom is 0.123 e. The molecule has 5 heteroatoms. The van der Waals surface area contributed by atoms with E-state index in [2.05, 4.69) is 131 Å². The lowest BCUT2D eigenvalue weighted by Crippen LogP contribution is -2.09. The van der Waals surface area contributed by atoms with Crippen molar-refractivity contribution in [1.82, 2.24) is 4.57 Å². The summed E-state index contributed by atoms with van der Waals surface area (Å²) in [5, 5.41) is 5.02. The molecule has 6 aromatic carbocycles. The number of hydrogen-bond donors (Lipinski definition) is 0. The summed E-state index contributed by atoms with van der Waals surface area (Å²) < 4.78 is 18.4. The van der Waals surface area contributed by atoms with Gasteiger partial charge >= 0.3 is 0 Å². The number of fused-ring (bicyclic) bond motifs is 6. The zero-order chi connectivity index (χ0) is 29.9. The minimum absolute atomic E-state index is 0.231. The Morgan fingerprint density at radius 2 is 1.11 bits per heavy atom. The number of hydrogen-bond acceptors (Lipinski definition) is 3. The van der Waals surface area contributed by atoms with E-state index in [4.69, 9.17) is 0 Å². The SMILES string of the molecule is Cc1ccc2sc3ccc(N(c4ccccc4)c4ccc5c6ccc(N(C)c7ccc(F)cc7)cc6n(C)c5c4)cc3c2c1. The van der Waals surface area contributed by atoms with Crippen molar-refractivity contribution < 1.29 is 4.39 Å². The van der Waals surface area contributed by atoms with E-state index in [0.29, 0.717) is 0 Å². The van der Waals surface area contributed by atoms with Crippen LogP contribution >= 0.6 is 11.3 Å². The Hall–Kier alpha value is -5.13. The van der Waals surface area contributed by atoms with E-state index >= 15 is 0 Å². The second-order valence-electron chi connectivity index (χ2n) is 11.5. The molecule has 8 rings (SSSR count). The predicted octanol–water partition coefficient (Wildman–Crippen LogP) is 11.4. The Kier molecular flexibility index (Phi) is 6.17. The van der Waals surface area contributed by atoms with Crippen LogP contribution in [0.4, 0.5) is 32.8 Å². The summed E-state index contributed by atoms with van der Waals surface area (Å²) in [7, 11) is 4.15. The Balaban J connectivity index is 1.27. The number of benzene rings is 6. The Labute approximate surface area is 259 Å². The van der Waals surface area contributed by atoms with Gasteiger partial charge in [0.1, 0.15) is 5.82 Å². The molecule has 2 heterocycles. The third-order valence-corrected chi connectivity index (χ3v) is 9.87. The molecule has 0 atom stereocenters. The second kappa shape index (κ2) is 10.2. The molecule has 0 aliphatic heterocycles. The van der Waals surface area contributed by atoms with Crippen LogP contribution in [0.2, 0.25) is 0 Å². The van der Waals surface area contributed by atoms with Gasteiger partial charge in [-0.25, -0.2) is 4.39 Å². The molecule has 3 nitrogen and oxygen atoms in total. The highest BCUT2D eigenvalue weighted by Crippen LogP contribution is 2.42. The number of halogens is 1. The van der Waals surface area contributed by atoms with E-state index in [1.807, 2.05) is 30.5 Å². The molecule has 0 unspecified atom stereocenters. The molecule has 0 aliphatic carbocycles. The normalized spacial score (nSPS) is 11.6. The topological polar surface area (TPSA) is 11.4 Å². The summed E-state index contributed by atoms with van der Waals surface area (Å²) in [5.74, 6) is -0.231. The highest BCUT2D eigenvalue weighted by Gasteiger charge is 2.18. The van der Waals surface area contributed by atoms with Crippen LogP contribution in [0.15, 0.2) is 127 Å². The van der Waals surface area contributed by atoms with Crippen molar-refractivity contribution in [3.05, 3.63) is 139 Å². The summed E-state index contributed by atoms with van der Waals surface area (Å²) >= 11 is 1.85. The van der Waals surface area contributed by atoms with Crippen molar-refractivity contribution in [3.8, 4) is 0 Å². The lowest BCUT2D eigenvalue weighted by atomic mass is 10.1. The minimum atomic E-state index is -0.231. The molecule has 0 N–H and O–H groups in total. The fraction of sp³-hybridized carbons (Fsp3) is 0.0769. The van der Waals surface area contributed by atoms with Crippen LogP contribution in [0.5, 0.6) is 0 Å². The van der Waals surface area contributed by atoms with E-state index in [-0.39, 0.29) is 5.82 Å². The smallest absolute Gasteiger partial charge is 0.123 e. The van der Waals surface area contributed by atoms with Crippen LogP contribution in [0.25, 0.3) is 42.0 Å². The van der Waals surface area contributed by atoms with Crippen molar-refractivity contribution in [2.24, 2.45) is 7.05 Å². The average Bonchev–Trinajstić information content (AvgIpc) is 3.55. The van der Waals surface area contributed by atoms with Crippen LogP contribution in [0, 0.1) is 12.7 Å². The number of aromatic nitrogens is 1. The molecule has 0 radical (unpaired) electrons. The van der Waals surface area contributed by atoms with Gasteiger partial charge in [0.15, 0.2) is 0 Å². The fourth-order valence-corrected chi connectivity index (χ4v) is 7.45. The van der Waals surface area contributed by atoms with Gasteiger partial charge < -0.3 is 14.4 Å². The molecule has 0 aliphatic rings. The summed E-state index contributed by atoms with van der Waals surface area (Å²) in [6.45, 7) is 2.16. The van der Waals surface area contributed by atoms with Crippen molar-refractivity contribution >= 4 is 81.8 Å². The maximum absolute atomic E-state index is 13.5. The molecule has 0 bridgehead atoms. The molecule has 0 saturated carbocycles. The van der Waals surface area contributed by atoms with Gasteiger partial charge in [0.2, 0.25) is 0 Å². The molecule has 0 amide bonds. The van der Waals surface area contributed by atoms with Gasteiger partial charge in [-0.05, 0) is 97.9 Å². The third-order valence-electron chi connectivity index (χ3n) is 8.72. The highest BCUT2D eigenvalue weighted by molar-refractivity contribution is 7.25. The van der Waals surface area contributed by atoms with Gasteiger partial charge in [0.05, 0.1) is 11.0 Å². The summed E-state index contributed by atoms with van der Waals surface area (Å²) in [6.07, 6.45) is 0. The highest BCUT2D eigenvalue weighted by atomic mass is 32.1. The lowest BCUT2D eigenvalue weighted by molar-refractivity contribution is 0.628. The molecule has 0 fully saturated rings. The molecule has 8 aromatic rings. The molecule has 0 saturated heterocycles. The molecule has 214 valence electrons. The number of anilines is 5. The second-order valence-corrected chi connectivity index (χ2v) is 12.5. The van der Waals surface area contributed by atoms with Crippen molar-refractivity contribution in [1.29, 1.82) is 0 Å². The Bertz CT molecular complexity index is 2330. The maximum atomic E-state index is 13.5. The van der Waals surface area contributed by atoms with Gasteiger partial charge in [0.25, 0.3) is 0 Å². The van der Waals surface area contributed by atoms with Crippen LogP contribution in [-0.2, 0) is 7.05 Å². The van der Waals surface area contributed by atoms with Crippen molar-refractivity contribution in [2.45, 2.75) is 6.92 Å². The number of nitrogens with zero attached hydrogens (tertiary/aromatic N) is 3. The summed E-state index contributed by atoms with van der Waals surface area (Å²) in [5.41, 5.74) is 8.93. The number of para-hydroxylation sites is 1. The van der Waals surface area contributed by atoms with Crippen LogP contribution < -0.4 is 9.80 Å². The monoisotopic (exact) mass is 591 g/mol. The quantitative estimate of drug-likeness (QED) is 0.197. The van der Waals surface area contributed by atoms with Crippen LogP contribution in [-0.4, -0.2) is 11.6 Å². The van der Waals surface area contributed by atoms with Gasteiger partial charge in [-0.2, -0.15) is 0 Å². The molecular weight excluding hydrogens is 562 g/mol. The summed E-state index contributed by atoms with van der Waals surface area (Å²) in [4.78, 5) is 4.44. The van der Waals surface area contributed by atoms with E-state index in [9.17, 15) is 4.39 Å². The minimum Gasteiger partial charge on any atom is -0.345 e. The number of thiophene rings is 1. The fourth-order valence-electron chi connectivity index (χ4n) is 6.38. The van der Waals surface area contributed by atoms with E-state index < -0.39 is 0 Å². The zero-order valence-corrected chi connectivity index (χ0v) is 25.6. The molecule has 0 spiro atoms. The molecular formula is C39H30FN3S. The van der Waals surface area contributed by atoms with Gasteiger partial charge in [-0.15, -0.1) is 11.3 Å². The average molecular weight is 592 g/mol. The van der Waals surface area contributed by atoms with E-state index in [0.717, 1.165) is 39.5 Å². The Morgan fingerprint density at radius 3 is 1.84 bits per heavy atom. The first-order valence-corrected chi connectivity index (χ1v) is 15.6. The largest absolute Gasteiger partial charge is 0.345 e. The van der Waals surface area contributed by atoms with Crippen LogP contribution in [0.3, 0.4) is 0 Å². The lowest BCUT2D eigenvalue weighted by Gasteiger charge is -2.26. The summed E-state index contributed by atoms with van der Waals surface area (Å²) in [6, 6.07) is 44.1. The van der Waals surface area contributed by atoms with Gasteiger partial charge in [0, 0.05) is 73.5 Å². The zero-order valence-electron chi connectivity index (χ0n) is 24.8. The first kappa shape index (κ1) is 26.5. The van der Waals surface area contributed by atoms with E-state index in [1.165, 1.54) is 48.6 Å². The first-order chi connectivity index (χ1) is 21.4. The van der Waals surface area contributed by atoms with E-state index in [1.54, 1.807) is 0 Å². The van der Waals surface area contributed by atoms with Gasteiger partial charge in [-0.1, -0.05) is 42.0 Å². The number of rotatable bonds is 5. The number of aryl methyl sites for hydroxylation is 2. The van der Waals surface area contributed by atoms with Crippen molar-refractivity contribution in [2.75, 3.05) is 16.8 Å². The molecule has 2 aromatic heterocycles. The predicted molar refractivity (Wildman–Crippen MR) is 187 cm³/mol.